The second kappa shape index (κ2) is 9.93. The normalized spacial score (nSPS) is 20.4. The largest absolute Gasteiger partial charge is 0.497 e. The Morgan fingerprint density at radius 1 is 1.00 bits per heavy atom. The molecule has 2 amide bonds. The van der Waals surface area contributed by atoms with Crippen LogP contribution >= 0.6 is 0 Å². The summed E-state index contributed by atoms with van der Waals surface area (Å²) in [6.45, 7) is 3.44. The predicted molar refractivity (Wildman–Crippen MR) is 126 cm³/mol. The Balaban J connectivity index is 1.25. The van der Waals surface area contributed by atoms with Gasteiger partial charge >= 0.3 is 0 Å². The van der Waals surface area contributed by atoms with E-state index < -0.39 is 9.84 Å². The van der Waals surface area contributed by atoms with Gasteiger partial charge in [-0.3, -0.25) is 14.5 Å². The summed E-state index contributed by atoms with van der Waals surface area (Å²) >= 11 is 0. The fraction of sp³-hybridized carbons (Fsp3) is 0.417. The second-order valence-electron chi connectivity index (χ2n) is 8.58. The molecule has 0 bridgehead atoms. The van der Waals surface area contributed by atoms with Crippen LogP contribution in [0.3, 0.4) is 0 Å². The number of ether oxygens (including phenoxy) is 1. The highest BCUT2D eigenvalue weighted by Crippen LogP contribution is 2.22. The molecule has 0 aromatic heterocycles. The fourth-order valence-corrected chi connectivity index (χ4v) is 6.00. The van der Waals surface area contributed by atoms with E-state index in [2.05, 4.69) is 10.2 Å². The van der Waals surface area contributed by atoms with Gasteiger partial charge in [-0.2, -0.15) is 0 Å². The van der Waals surface area contributed by atoms with Gasteiger partial charge in [0, 0.05) is 44.0 Å². The molecule has 2 aromatic carbocycles. The minimum absolute atomic E-state index is 0.00949. The Morgan fingerprint density at radius 2 is 1.67 bits per heavy atom. The van der Waals surface area contributed by atoms with Crippen molar-refractivity contribution in [3.05, 3.63) is 59.7 Å². The Labute approximate surface area is 194 Å². The molecule has 0 radical (unpaired) electrons. The maximum atomic E-state index is 12.6. The summed E-state index contributed by atoms with van der Waals surface area (Å²) < 4.78 is 28.4. The van der Waals surface area contributed by atoms with E-state index in [0.717, 1.165) is 30.9 Å². The highest BCUT2D eigenvalue weighted by molar-refractivity contribution is 7.91. The summed E-state index contributed by atoms with van der Waals surface area (Å²) in [4.78, 5) is 29.2. The lowest BCUT2D eigenvalue weighted by Gasteiger charge is -2.35. The molecule has 8 nitrogen and oxygen atoms in total. The van der Waals surface area contributed by atoms with Gasteiger partial charge in [0.2, 0.25) is 5.91 Å². The van der Waals surface area contributed by atoms with Crippen molar-refractivity contribution in [2.24, 2.45) is 5.92 Å². The topological polar surface area (TPSA) is 96.0 Å². The van der Waals surface area contributed by atoms with Gasteiger partial charge in [0.1, 0.15) is 5.75 Å². The van der Waals surface area contributed by atoms with Gasteiger partial charge in [-0.05, 0) is 48.4 Å². The third-order valence-corrected chi connectivity index (χ3v) is 8.00. The molecule has 2 fully saturated rings. The van der Waals surface area contributed by atoms with Crippen LogP contribution in [0.25, 0.3) is 0 Å². The maximum absolute atomic E-state index is 12.6. The summed E-state index contributed by atoms with van der Waals surface area (Å²) in [5, 5.41) is 2.87. The quantitative estimate of drug-likeness (QED) is 0.693. The molecule has 1 atom stereocenters. The molecule has 2 aliphatic rings. The van der Waals surface area contributed by atoms with Crippen molar-refractivity contribution in [1.82, 2.24) is 9.80 Å². The minimum Gasteiger partial charge on any atom is -0.497 e. The van der Waals surface area contributed by atoms with Gasteiger partial charge in [-0.25, -0.2) is 8.42 Å². The number of hydrogen-bond acceptors (Lipinski definition) is 6. The lowest BCUT2D eigenvalue weighted by Crippen LogP contribution is -2.50. The summed E-state index contributed by atoms with van der Waals surface area (Å²) in [7, 11) is -1.46. The highest BCUT2D eigenvalue weighted by atomic mass is 32.2. The molecule has 0 aliphatic carbocycles. The van der Waals surface area contributed by atoms with Crippen LogP contribution in [0.15, 0.2) is 48.5 Å². The molecule has 4 rings (SSSR count). The van der Waals surface area contributed by atoms with Gasteiger partial charge in [0.25, 0.3) is 5.91 Å². The van der Waals surface area contributed by atoms with Gasteiger partial charge in [-0.1, -0.05) is 12.1 Å². The molecule has 33 heavy (non-hydrogen) atoms. The van der Waals surface area contributed by atoms with Crippen molar-refractivity contribution in [2.45, 2.75) is 13.0 Å². The highest BCUT2D eigenvalue weighted by Gasteiger charge is 2.36. The molecule has 0 saturated carbocycles. The number of nitrogens with zero attached hydrogens (tertiary/aromatic N) is 2. The molecule has 2 saturated heterocycles. The number of methoxy groups -OCH3 is 1. The molecule has 2 heterocycles. The molecule has 1 N–H and O–H groups in total. The molecule has 2 aromatic rings. The summed E-state index contributed by atoms with van der Waals surface area (Å²) in [5.74, 6) is 0.268. The van der Waals surface area contributed by atoms with Crippen LogP contribution in [-0.4, -0.2) is 74.8 Å². The van der Waals surface area contributed by atoms with E-state index in [0.29, 0.717) is 30.8 Å². The lowest BCUT2D eigenvalue weighted by molar-refractivity contribution is -0.136. The molecular formula is C24H29N3O5S. The van der Waals surface area contributed by atoms with E-state index in [4.69, 9.17) is 4.74 Å². The van der Waals surface area contributed by atoms with Crippen LogP contribution < -0.4 is 10.1 Å². The Bertz CT molecular complexity index is 1090. The SMILES string of the molecule is COc1ccc(NC(=O)c2ccc(CN3CCN(C(=O)[C@H]4CCS(=O)(=O)C4)CC3)cc2)cc1. The standard InChI is InChI=1S/C24H29N3O5S/c1-32-22-8-6-21(7-9-22)25-23(28)19-4-2-18(3-5-19)16-26-11-13-27(14-12-26)24(29)20-10-15-33(30,31)17-20/h2-9,20H,10-17H2,1H3,(H,25,28)/t20-/m0/s1. The van der Waals surface area contributed by atoms with Crippen molar-refractivity contribution in [2.75, 3.05) is 50.1 Å². The monoisotopic (exact) mass is 471 g/mol. The summed E-state index contributed by atoms with van der Waals surface area (Å²) in [6, 6.07) is 14.7. The number of amides is 2. The number of rotatable bonds is 6. The minimum atomic E-state index is -3.05. The van der Waals surface area contributed by atoms with E-state index in [-0.39, 0.29) is 29.2 Å². The fourth-order valence-electron chi connectivity index (χ4n) is 4.27. The molecule has 0 spiro atoms. The zero-order valence-corrected chi connectivity index (χ0v) is 19.5. The number of sulfone groups is 1. The average molecular weight is 472 g/mol. The first-order valence-corrected chi connectivity index (χ1v) is 12.9. The van der Waals surface area contributed by atoms with Crippen LogP contribution in [0.4, 0.5) is 5.69 Å². The number of piperazine rings is 1. The first-order valence-electron chi connectivity index (χ1n) is 11.1. The van der Waals surface area contributed by atoms with Crippen LogP contribution in [0, 0.1) is 5.92 Å². The van der Waals surface area contributed by atoms with Crippen LogP contribution in [-0.2, 0) is 21.2 Å². The maximum Gasteiger partial charge on any atom is 0.255 e. The second-order valence-corrected chi connectivity index (χ2v) is 10.8. The Morgan fingerprint density at radius 3 is 2.24 bits per heavy atom. The van der Waals surface area contributed by atoms with E-state index in [9.17, 15) is 18.0 Å². The Kier molecular flexibility index (Phi) is 6.99. The van der Waals surface area contributed by atoms with Crippen molar-refractivity contribution in [3.8, 4) is 5.75 Å². The third-order valence-electron chi connectivity index (χ3n) is 6.24. The first-order chi connectivity index (χ1) is 15.8. The molecule has 0 unspecified atom stereocenters. The summed E-state index contributed by atoms with van der Waals surface area (Å²) in [5.41, 5.74) is 2.38. The molecular weight excluding hydrogens is 442 g/mol. The molecule has 9 heteroatoms. The summed E-state index contributed by atoms with van der Waals surface area (Å²) in [6.07, 6.45) is 0.444. The number of carbonyl (C=O) groups excluding carboxylic acids is 2. The van der Waals surface area contributed by atoms with Crippen molar-refractivity contribution in [1.29, 1.82) is 0 Å². The average Bonchev–Trinajstić information content (AvgIpc) is 3.19. The van der Waals surface area contributed by atoms with Gasteiger partial charge in [0.15, 0.2) is 9.84 Å². The van der Waals surface area contributed by atoms with Gasteiger partial charge in [0.05, 0.1) is 24.5 Å². The third kappa shape index (κ3) is 5.91. The zero-order chi connectivity index (χ0) is 23.4. The van der Waals surface area contributed by atoms with E-state index in [1.54, 1.807) is 36.3 Å². The van der Waals surface area contributed by atoms with Crippen molar-refractivity contribution < 1.29 is 22.7 Å². The van der Waals surface area contributed by atoms with Gasteiger partial charge in [-0.15, -0.1) is 0 Å². The molecule has 176 valence electrons. The smallest absolute Gasteiger partial charge is 0.255 e. The number of nitrogens with one attached hydrogen (secondary N) is 1. The number of hydrogen-bond donors (Lipinski definition) is 1. The van der Waals surface area contributed by atoms with Crippen LogP contribution in [0.1, 0.15) is 22.3 Å². The number of anilines is 1. The molecule has 2 aliphatic heterocycles. The number of carbonyl (C=O) groups is 2. The van der Waals surface area contributed by atoms with Crippen LogP contribution in [0.2, 0.25) is 0 Å². The van der Waals surface area contributed by atoms with Crippen LogP contribution in [0.5, 0.6) is 5.75 Å². The van der Waals surface area contributed by atoms with E-state index in [1.807, 2.05) is 24.3 Å². The van der Waals surface area contributed by atoms with E-state index >= 15 is 0 Å². The number of benzene rings is 2. The van der Waals surface area contributed by atoms with E-state index in [1.165, 1.54) is 0 Å². The van der Waals surface area contributed by atoms with Gasteiger partial charge < -0.3 is 15.0 Å². The predicted octanol–water partition coefficient (Wildman–Crippen LogP) is 2.03. The van der Waals surface area contributed by atoms with Crippen molar-refractivity contribution >= 4 is 27.3 Å². The lowest BCUT2D eigenvalue weighted by atomic mass is 10.1. The zero-order valence-electron chi connectivity index (χ0n) is 18.7. The Hall–Kier alpha value is -2.91. The van der Waals surface area contributed by atoms with Crippen molar-refractivity contribution in [3.63, 3.8) is 0 Å². The first kappa shape index (κ1) is 23.3.